The second-order valence-corrected chi connectivity index (χ2v) is 5.47. The van der Waals surface area contributed by atoms with Gasteiger partial charge in [0.25, 0.3) is 0 Å². The molecule has 0 unspecified atom stereocenters. The van der Waals surface area contributed by atoms with Crippen molar-refractivity contribution in [3.05, 3.63) is 47.8 Å². The minimum Gasteiger partial charge on any atom is -0.369 e. The first-order chi connectivity index (χ1) is 10.9. The number of hydrogen-bond acceptors (Lipinski definition) is 3. The molecule has 0 saturated heterocycles. The molecule has 1 heterocycles. The van der Waals surface area contributed by atoms with E-state index in [0.29, 0.717) is 12.2 Å². The van der Waals surface area contributed by atoms with E-state index in [-0.39, 0.29) is 12.5 Å². The number of carbonyl (C=O) groups is 2. The highest BCUT2D eigenvalue weighted by molar-refractivity contribution is 5.89. The summed E-state index contributed by atoms with van der Waals surface area (Å²) in [7, 11) is 3.60. The van der Waals surface area contributed by atoms with Gasteiger partial charge >= 0.3 is 6.03 Å². The fraction of sp³-hybridized carbons (Fsp3) is 0.312. The van der Waals surface area contributed by atoms with Crippen LogP contribution in [-0.2, 0) is 24.7 Å². The second-order valence-electron chi connectivity index (χ2n) is 5.47. The highest BCUT2D eigenvalue weighted by Crippen LogP contribution is 2.12. The van der Waals surface area contributed by atoms with Crippen molar-refractivity contribution in [2.24, 2.45) is 12.8 Å². The topological polar surface area (TPSA) is 93.2 Å². The normalized spacial score (nSPS) is 10.3. The van der Waals surface area contributed by atoms with Gasteiger partial charge in [-0.3, -0.25) is 9.48 Å². The van der Waals surface area contributed by atoms with E-state index in [1.54, 1.807) is 47.1 Å². The van der Waals surface area contributed by atoms with E-state index in [1.807, 2.05) is 13.2 Å². The lowest BCUT2D eigenvalue weighted by atomic mass is 10.1. The third-order valence-electron chi connectivity index (χ3n) is 3.40. The number of hydrogen-bond donors (Lipinski definition) is 2. The predicted molar refractivity (Wildman–Crippen MR) is 87.9 cm³/mol. The molecule has 7 nitrogen and oxygen atoms in total. The number of nitrogens with zero attached hydrogens (tertiary/aromatic N) is 3. The summed E-state index contributed by atoms with van der Waals surface area (Å²) in [5.74, 6) is -0.401. The predicted octanol–water partition coefficient (Wildman–Crippen LogP) is 1.15. The van der Waals surface area contributed by atoms with Gasteiger partial charge in [0, 0.05) is 32.5 Å². The molecule has 1 aromatic carbocycles. The van der Waals surface area contributed by atoms with Crippen LogP contribution >= 0.6 is 0 Å². The standard InChI is InChI=1S/C16H21N5O2/c1-20(7-6-13-10-18-21(2)11-13)16(23)19-14-5-3-4-12(8-14)9-15(17)22/h3-5,8,10-11H,6-7,9H2,1-2H3,(H2,17,22)(H,19,23). The molecule has 3 N–H and O–H groups in total. The van der Waals surface area contributed by atoms with Crippen LogP contribution in [0.2, 0.25) is 0 Å². The molecule has 2 aromatic rings. The molecule has 1 aromatic heterocycles. The van der Waals surface area contributed by atoms with E-state index in [9.17, 15) is 9.59 Å². The SMILES string of the molecule is CN(CCc1cnn(C)c1)C(=O)Nc1cccc(CC(N)=O)c1. The van der Waals surface area contributed by atoms with E-state index in [4.69, 9.17) is 5.73 Å². The first-order valence-corrected chi connectivity index (χ1v) is 7.31. The average Bonchev–Trinajstić information content (AvgIpc) is 2.90. The smallest absolute Gasteiger partial charge is 0.321 e. The monoisotopic (exact) mass is 315 g/mol. The number of urea groups is 1. The van der Waals surface area contributed by atoms with Crippen molar-refractivity contribution >= 4 is 17.6 Å². The first-order valence-electron chi connectivity index (χ1n) is 7.31. The van der Waals surface area contributed by atoms with Crippen molar-refractivity contribution in [1.82, 2.24) is 14.7 Å². The van der Waals surface area contributed by atoms with Crippen LogP contribution in [0.1, 0.15) is 11.1 Å². The van der Waals surface area contributed by atoms with Crippen LogP contribution in [0.3, 0.4) is 0 Å². The summed E-state index contributed by atoms with van der Waals surface area (Å²) in [6.07, 6.45) is 4.61. The van der Waals surface area contributed by atoms with Gasteiger partial charge in [-0.15, -0.1) is 0 Å². The largest absolute Gasteiger partial charge is 0.369 e. The van der Waals surface area contributed by atoms with Gasteiger partial charge in [0.05, 0.1) is 12.6 Å². The molecule has 0 saturated carbocycles. The summed E-state index contributed by atoms with van der Waals surface area (Å²) < 4.78 is 1.74. The number of primary amides is 1. The van der Waals surface area contributed by atoms with Gasteiger partial charge in [-0.05, 0) is 29.7 Å². The van der Waals surface area contributed by atoms with Crippen LogP contribution in [-0.4, -0.2) is 40.2 Å². The highest BCUT2D eigenvalue weighted by Gasteiger charge is 2.10. The third-order valence-corrected chi connectivity index (χ3v) is 3.40. The zero-order valence-electron chi connectivity index (χ0n) is 13.3. The highest BCUT2D eigenvalue weighted by atomic mass is 16.2. The average molecular weight is 315 g/mol. The molecule has 0 fully saturated rings. The summed E-state index contributed by atoms with van der Waals surface area (Å²) >= 11 is 0. The van der Waals surface area contributed by atoms with Crippen LogP contribution < -0.4 is 11.1 Å². The molecule has 122 valence electrons. The minimum atomic E-state index is -0.401. The van der Waals surface area contributed by atoms with Gasteiger partial charge in [0.2, 0.25) is 5.91 Å². The Morgan fingerprint density at radius 1 is 1.35 bits per heavy atom. The molecule has 0 bridgehead atoms. The zero-order valence-corrected chi connectivity index (χ0v) is 13.3. The number of aromatic nitrogens is 2. The van der Waals surface area contributed by atoms with Crippen LogP contribution in [0.5, 0.6) is 0 Å². The number of aryl methyl sites for hydroxylation is 1. The van der Waals surface area contributed by atoms with Crippen molar-refractivity contribution < 1.29 is 9.59 Å². The maximum absolute atomic E-state index is 12.2. The molecular formula is C16H21N5O2. The fourth-order valence-electron chi connectivity index (χ4n) is 2.18. The molecule has 7 heteroatoms. The van der Waals surface area contributed by atoms with Crippen molar-refractivity contribution in [2.75, 3.05) is 18.9 Å². The third kappa shape index (κ3) is 5.14. The quantitative estimate of drug-likeness (QED) is 0.837. The molecule has 0 atom stereocenters. The first kappa shape index (κ1) is 16.5. The van der Waals surface area contributed by atoms with Gasteiger partial charge in [-0.1, -0.05) is 12.1 Å². The van der Waals surface area contributed by atoms with Crippen molar-refractivity contribution in [3.8, 4) is 0 Å². The summed E-state index contributed by atoms with van der Waals surface area (Å²) in [5, 5.41) is 6.91. The van der Waals surface area contributed by atoms with Gasteiger partial charge < -0.3 is 16.0 Å². The van der Waals surface area contributed by atoms with Gasteiger partial charge in [-0.2, -0.15) is 5.10 Å². The van der Waals surface area contributed by atoms with Crippen molar-refractivity contribution in [2.45, 2.75) is 12.8 Å². The van der Waals surface area contributed by atoms with E-state index in [0.717, 1.165) is 17.5 Å². The molecule has 3 amide bonds. The van der Waals surface area contributed by atoms with Gasteiger partial charge in [0.1, 0.15) is 0 Å². The van der Waals surface area contributed by atoms with Crippen molar-refractivity contribution in [3.63, 3.8) is 0 Å². The Labute approximate surface area is 135 Å². The lowest BCUT2D eigenvalue weighted by Crippen LogP contribution is -2.33. The summed E-state index contributed by atoms with van der Waals surface area (Å²) in [6.45, 7) is 0.582. The Morgan fingerprint density at radius 2 is 2.13 bits per heavy atom. The number of amides is 3. The molecule has 0 spiro atoms. The number of nitrogens with two attached hydrogens (primary N) is 1. The van der Waals surface area contributed by atoms with Gasteiger partial charge in [0.15, 0.2) is 0 Å². The van der Waals surface area contributed by atoms with E-state index < -0.39 is 5.91 Å². The van der Waals surface area contributed by atoms with Crippen LogP contribution in [0.25, 0.3) is 0 Å². The molecule has 0 aliphatic carbocycles. The van der Waals surface area contributed by atoms with Crippen LogP contribution in [0.15, 0.2) is 36.7 Å². The number of likely N-dealkylation sites (N-methyl/N-ethyl adjacent to an activating group) is 1. The Morgan fingerprint density at radius 3 is 2.78 bits per heavy atom. The summed E-state index contributed by atoms with van der Waals surface area (Å²) in [5.41, 5.74) is 7.67. The summed E-state index contributed by atoms with van der Waals surface area (Å²) in [4.78, 5) is 24.7. The maximum atomic E-state index is 12.2. The minimum absolute atomic E-state index is 0.153. The van der Waals surface area contributed by atoms with Gasteiger partial charge in [-0.25, -0.2) is 4.79 Å². The number of rotatable bonds is 6. The Bertz CT molecular complexity index is 695. The molecular weight excluding hydrogens is 294 g/mol. The number of carbonyl (C=O) groups excluding carboxylic acids is 2. The fourth-order valence-corrected chi connectivity index (χ4v) is 2.18. The molecule has 2 rings (SSSR count). The van der Waals surface area contributed by atoms with Crippen molar-refractivity contribution in [1.29, 1.82) is 0 Å². The Kier molecular flexibility index (Phi) is 5.35. The number of benzene rings is 1. The number of anilines is 1. The van der Waals surface area contributed by atoms with Crippen LogP contribution in [0, 0.1) is 0 Å². The molecule has 0 aliphatic rings. The van der Waals surface area contributed by atoms with Crippen LogP contribution in [0.4, 0.5) is 10.5 Å². The van der Waals surface area contributed by atoms with E-state index >= 15 is 0 Å². The molecule has 0 aliphatic heterocycles. The Hall–Kier alpha value is -2.83. The second kappa shape index (κ2) is 7.44. The zero-order chi connectivity index (χ0) is 16.8. The Balaban J connectivity index is 1.88. The molecule has 23 heavy (non-hydrogen) atoms. The van der Waals surface area contributed by atoms with E-state index in [1.165, 1.54) is 0 Å². The maximum Gasteiger partial charge on any atom is 0.321 e. The molecule has 0 radical (unpaired) electrons. The lowest BCUT2D eigenvalue weighted by Gasteiger charge is -2.17. The summed E-state index contributed by atoms with van der Waals surface area (Å²) in [6, 6.07) is 6.90. The van der Waals surface area contributed by atoms with E-state index in [2.05, 4.69) is 10.4 Å². The lowest BCUT2D eigenvalue weighted by molar-refractivity contribution is -0.117. The number of nitrogens with one attached hydrogen (secondary N) is 1.